The van der Waals surface area contributed by atoms with Crippen LogP contribution in [0.25, 0.3) is 11.7 Å². The highest BCUT2D eigenvalue weighted by atomic mass is 16.2. The topological polar surface area (TPSA) is 120 Å². The summed E-state index contributed by atoms with van der Waals surface area (Å²) in [6, 6.07) is 8.84. The van der Waals surface area contributed by atoms with Gasteiger partial charge < -0.3 is 20.4 Å². The Labute approximate surface area is 214 Å². The van der Waals surface area contributed by atoms with Gasteiger partial charge >= 0.3 is 0 Å². The number of amides is 2. The van der Waals surface area contributed by atoms with Crippen LogP contribution in [0.1, 0.15) is 36.8 Å². The second-order valence-corrected chi connectivity index (χ2v) is 9.97. The Morgan fingerprint density at radius 3 is 2.78 bits per heavy atom. The molecule has 0 spiro atoms. The van der Waals surface area contributed by atoms with Crippen molar-refractivity contribution in [3.8, 4) is 0 Å². The van der Waals surface area contributed by atoms with Crippen molar-refractivity contribution >= 4 is 41.1 Å². The minimum absolute atomic E-state index is 0.0582. The summed E-state index contributed by atoms with van der Waals surface area (Å²) in [6.07, 6.45) is 6.71. The Morgan fingerprint density at radius 2 is 1.97 bits per heavy atom. The summed E-state index contributed by atoms with van der Waals surface area (Å²) in [5.41, 5.74) is 4.06. The van der Waals surface area contributed by atoms with E-state index in [4.69, 9.17) is 9.97 Å². The number of carbonyl (C=O) groups excluding carboxylic acids is 2. The Kier molecular flexibility index (Phi) is 6.21. The summed E-state index contributed by atoms with van der Waals surface area (Å²) < 4.78 is 1.66. The van der Waals surface area contributed by atoms with Gasteiger partial charge in [-0.1, -0.05) is 18.2 Å². The van der Waals surface area contributed by atoms with Crippen molar-refractivity contribution in [3.63, 3.8) is 0 Å². The molecule has 2 aromatic heterocycles. The molecule has 3 aromatic rings. The minimum Gasteiger partial charge on any atom is -0.370 e. The van der Waals surface area contributed by atoms with E-state index in [1.165, 1.54) is 11.3 Å². The monoisotopic (exact) mass is 501 g/mol. The zero-order chi connectivity index (χ0) is 25.4. The highest BCUT2D eigenvalue weighted by Gasteiger charge is 2.26. The van der Waals surface area contributed by atoms with Crippen molar-refractivity contribution in [2.45, 2.75) is 38.3 Å². The van der Waals surface area contributed by atoms with Gasteiger partial charge in [0.25, 0.3) is 5.91 Å². The molecule has 2 saturated heterocycles. The summed E-state index contributed by atoms with van der Waals surface area (Å²) in [4.78, 5) is 38.1. The average molecular weight is 502 g/mol. The van der Waals surface area contributed by atoms with Gasteiger partial charge in [-0.25, -0.2) is 0 Å². The van der Waals surface area contributed by atoms with E-state index in [1.807, 2.05) is 0 Å². The van der Waals surface area contributed by atoms with Crippen molar-refractivity contribution in [2.75, 3.05) is 48.8 Å². The van der Waals surface area contributed by atoms with Crippen LogP contribution in [0.3, 0.4) is 0 Å². The number of benzene rings is 1. The molecule has 0 bridgehead atoms. The van der Waals surface area contributed by atoms with Gasteiger partial charge in [0.1, 0.15) is 0 Å². The number of para-hydroxylation sites is 1. The first-order valence-electron chi connectivity index (χ1n) is 12.9. The van der Waals surface area contributed by atoms with E-state index in [2.05, 4.69) is 62.2 Å². The predicted octanol–water partition coefficient (Wildman–Crippen LogP) is 1.88. The minimum atomic E-state index is -0.371. The van der Waals surface area contributed by atoms with E-state index >= 15 is 0 Å². The lowest BCUT2D eigenvalue weighted by Crippen LogP contribution is -2.29. The van der Waals surface area contributed by atoms with Crippen LogP contribution in [0.5, 0.6) is 0 Å². The maximum Gasteiger partial charge on any atom is 0.254 e. The number of fused-ring (bicyclic) bond motifs is 1. The van der Waals surface area contributed by atoms with Crippen LogP contribution >= 0.6 is 0 Å². The molecule has 2 aliphatic heterocycles. The molecule has 1 aromatic carbocycles. The first-order chi connectivity index (χ1) is 18.0. The molecule has 4 heterocycles. The quantitative estimate of drug-likeness (QED) is 0.329. The Balaban J connectivity index is 1.29. The molecular formula is C26H31N9O2. The van der Waals surface area contributed by atoms with E-state index in [0.29, 0.717) is 41.3 Å². The van der Waals surface area contributed by atoms with Gasteiger partial charge in [0, 0.05) is 49.0 Å². The second-order valence-electron chi connectivity index (χ2n) is 9.97. The van der Waals surface area contributed by atoms with Crippen LogP contribution in [-0.4, -0.2) is 75.6 Å². The lowest BCUT2D eigenvalue weighted by Gasteiger charge is -2.25. The smallest absolute Gasteiger partial charge is 0.254 e. The van der Waals surface area contributed by atoms with Crippen LogP contribution in [0.4, 0.5) is 17.6 Å². The van der Waals surface area contributed by atoms with E-state index in [1.54, 1.807) is 16.8 Å². The fourth-order valence-corrected chi connectivity index (χ4v) is 4.82. The highest BCUT2D eigenvalue weighted by Crippen LogP contribution is 2.27. The maximum absolute atomic E-state index is 12.1. The molecule has 3 N–H and O–H groups in total. The van der Waals surface area contributed by atoms with Crippen LogP contribution in [0.15, 0.2) is 36.0 Å². The molecule has 1 aliphatic carbocycles. The van der Waals surface area contributed by atoms with Crippen LogP contribution in [-0.2, 0) is 16.1 Å². The van der Waals surface area contributed by atoms with E-state index in [0.717, 1.165) is 45.4 Å². The van der Waals surface area contributed by atoms with Gasteiger partial charge in [-0.2, -0.15) is 19.6 Å². The standard InChI is InChI=1S/C26H31N9O2/c1-33-9-4-10-34(12-11-33)21-6-3-2-5-17(21)15-27-25-31-23-19(13-18-14-22(36)30-24(18)37)16-28-35(23)26(32-25)29-20-7-8-20/h2-3,5-6,13,16,20H,4,7-12,14-15H2,1H3,(H,30,36,37)(H2,27,29,31,32)/b18-13+. The maximum atomic E-state index is 12.1. The summed E-state index contributed by atoms with van der Waals surface area (Å²) in [7, 11) is 2.18. The average Bonchev–Trinajstić information content (AvgIpc) is 3.58. The molecule has 1 saturated carbocycles. The summed E-state index contributed by atoms with van der Waals surface area (Å²) in [5, 5.41) is 13.6. The van der Waals surface area contributed by atoms with Crippen molar-refractivity contribution < 1.29 is 9.59 Å². The van der Waals surface area contributed by atoms with Crippen LogP contribution < -0.4 is 20.9 Å². The molecule has 0 unspecified atom stereocenters. The molecular weight excluding hydrogens is 470 g/mol. The highest BCUT2D eigenvalue weighted by molar-refractivity contribution is 6.15. The van der Waals surface area contributed by atoms with Crippen LogP contribution in [0, 0.1) is 0 Å². The van der Waals surface area contributed by atoms with Crippen molar-refractivity contribution in [1.82, 2.24) is 29.8 Å². The number of nitrogens with zero attached hydrogens (tertiary/aromatic N) is 6. The van der Waals surface area contributed by atoms with E-state index < -0.39 is 0 Å². The third kappa shape index (κ3) is 5.12. The predicted molar refractivity (Wildman–Crippen MR) is 141 cm³/mol. The Bertz CT molecular complexity index is 1380. The third-order valence-corrected chi connectivity index (χ3v) is 7.02. The number of anilines is 3. The number of hydrogen-bond donors (Lipinski definition) is 3. The van der Waals surface area contributed by atoms with Crippen molar-refractivity contribution in [3.05, 3.63) is 47.2 Å². The van der Waals surface area contributed by atoms with Gasteiger partial charge in [0.2, 0.25) is 17.8 Å². The Morgan fingerprint density at radius 1 is 1.11 bits per heavy atom. The normalized spacial score (nSPS) is 19.9. The van der Waals surface area contributed by atoms with E-state index in [-0.39, 0.29) is 18.2 Å². The molecule has 3 fully saturated rings. The van der Waals surface area contributed by atoms with Gasteiger partial charge in [-0.05, 0) is 50.6 Å². The summed E-state index contributed by atoms with van der Waals surface area (Å²) in [6.45, 7) is 4.75. The fourth-order valence-electron chi connectivity index (χ4n) is 4.82. The number of hydrogen-bond acceptors (Lipinski definition) is 9. The molecule has 6 rings (SSSR count). The molecule has 2 amide bonds. The Hall–Kier alpha value is -3.99. The zero-order valence-electron chi connectivity index (χ0n) is 20.9. The molecule has 192 valence electrons. The number of aromatic nitrogens is 4. The van der Waals surface area contributed by atoms with Crippen molar-refractivity contribution in [2.24, 2.45) is 0 Å². The van der Waals surface area contributed by atoms with Gasteiger partial charge in [-0.15, -0.1) is 0 Å². The molecule has 37 heavy (non-hydrogen) atoms. The number of nitrogens with one attached hydrogen (secondary N) is 3. The molecule has 11 nitrogen and oxygen atoms in total. The summed E-state index contributed by atoms with van der Waals surface area (Å²) in [5.74, 6) is 0.420. The first kappa shape index (κ1) is 23.4. The van der Waals surface area contributed by atoms with Crippen molar-refractivity contribution in [1.29, 1.82) is 0 Å². The molecule has 0 atom stereocenters. The van der Waals surface area contributed by atoms with E-state index in [9.17, 15) is 9.59 Å². The first-order valence-corrected chi connectivity index (χ1v) is 12.9. The fraction of sp³-hybridized carbons (Fsp3) is 0.423. The summed E-state index contributed by atoms with van der Waals surface area (Å²) >= 11 is 0. The number of rotatable bonds is 7. The molecule has 3 aliphatic rings. The number of carbonyl (C=O) groups is 2. The number of likely N-dealkylation sites (N-methyl/N-ethyl adjacent to an activating group) is 1. The van der Waals surface area contributed by atoms with Gasteiger partial charge in [0.15, 0.2) is 5.65 Å². The van der Waals surface area contributed by atoms with Gasteiger partial charge in [-0.3, -0.25) is 14.9 Å². The number of imide groups is 1. The van der Waals surface area contributed by atoms with Gasteiger partial charge in [0.05, 0.1) is 12.6 Å². The SMILES string of the molecule is CN1CCCN(c2ccccc2CNc2nc(NC3CC3)n3ncc(/C=C4\CC(=O)NC4=O)c3n2)CC1. The zero-order valence-corrected chi connectivity index (χ0v) is 20.9. The lowest BCUT2D eigenvalue weighted by atomic mass is 10.1. The van der Waals surface area contributed by atoms with Crippen LogP contribution in [0.2, 0.25) is 0 Å². The largest absolute Gasteiger partial charge is 0.370 e. The molecule has 0 radical (unpaired) electrons. The lowest BCUT2D eigenvalue weighted by molar-refractivity contribution is -0.124. The third-order valence-electron chi connectivity index (χ3n) is 7.02. The molecule has 11 heteroatoms. The second kappa shape index (κ2) is 9.81.